The lowest BCUT2D eigenvalue weighted by atomic mass is 10.1. The number of hydrogen-bond donors (Lipinski definition) is 1. The highest BCUT2D eigenvalue weighted by Gasteiger charge is 2.16. The number of nitrogens with one attached hydrogen (secondary N) is 1. The molecule has 5 heteroatoms. The van der Waals surface area contributed by atoms with Crippen LogP contribution in [0.25, 0.3) is 0 Å². The summed E-state index contributed by atoms with van der Waals surface area (Å²) in [7, 11) is 0. The fourth-order valence-electron chi connectivity index (χ4n) is 3.04. The number of benzene rings is 1. The van der Waals surface area contributed by atoms with Gasteiger partial charge in [0.05, 0.1) is 6.61 Å². The van der Waals surface area contributed by atoms with Gasteiger partial charge in [0.25, 0.3) is 5.91 Å². The molecule has 28 heavy (non-hydrogen) atoms. The Bertz CT molecular complexity index is 719. The minimum Gasteiger partial charge on any atom is -0.493 e. The van der Waals surface area contributed by atoms with Crippen molar-refractivity contribution >= 4 is 11.6 Å². The standard InChI is InChI=1S/C23H33N3O2/c1-4-6-14-26(13-5-2)23(27)20-16-19(3)17-22(18-20)28-15-7-10-25-21-8-11-24-12-9-21/h8-9,11-12,16-18H,4-7,10,13-15H2,1-3H3,(H,24,25). The van der Waals surface area contributed by atoms with Crippen LogP contribution < -0.4 is 10.1 Å². The quantitative estimate of drug-likeness (QED) is 0.528. The Morgan fingerprint density at radius 1 is 1.07 bits per heavy atom. The van der Waals surface area contributed by atoms with Gasteiger partial charge < -0.3 is 15.0 Å². The summed E-state index contributed by atoms with van der Waals surface area (Å²) >= 11 is 0. The van der Waals surface area contributed by atoms with Gasteiger partial charge in [-0.1, -0.05) is 20.3 Å². The van der Waals surface area contributed by atoms with E-state index in [2.05, 4.69) is 24.1 Å². The molecule has 152 valence electrons. The Kier molecular flexibility index (Phi) is 9.32. The highest BCUT2D eigenvalue weighted by molar-refractivity contribution is 5.94. The summed E-state index contributed by atoms with van der Waals surface area (Å²) in [6, 6.07) is 9.71. The molecule has 5 nitrogen and oxygen atoms in total. The van der Waals surface area contributed by atoms with Crippen LogP contribution >= 0.6 is 0 Å². The molecule has 0 saturated heterocycles. The molecule has 0 aliphatic heterocycles. The Labute approximate surface area is 169 Å². The number of amides is 1. The number of carbonyl (C=O) groups is 1. The summed E-state index contributed by atoms with van der Waals surface area (Å²) in [6.45, 7) is 9.29. The van der Waals surface area contributed by atoms with Gasteiger partial charge in [-0.3, -0.25) is 9.78 Å². The SMILES string of the molecule is CCCCN(CCC)C(=O)c1cc(C)cc(OCCCNc2ccncc2)c1. The molecule has 0 fully saturated rings. The van der Waals surface area contributed by atoms with Crippen LogP contribution in [-0.2, 0) is 0 Å². The smallest absolute Gasteiger partial charge is 0.253 e. The van der Waals surface area contributed by atoms with E-state index in [0.717, 1.165) is 67.9 Å². The molecule has 0 saturated carbocycles. The molecule has 0 radical (unpaired) electrons. The van der Waals surface area contributed by atoms with E-state index in [1.165, 1.54) is 0 Å². The predicted molar refractivity (Wildman–Crippen MR) is 115 cm³/mol. The zero-order valence-electron chi connectivity index (χ0n) is 17.4. The molecular formula is C23H33N3O2. The lowest BCUT2D eigenvalue weighted by molar-refractivity contribution is 0.0752. The van der Waals surface area contributed by atoms with Gasteiger partial charge in [-0.05, 0) is 62.1 Å². The summed E-state index contributed by atoms with van der Waals surface area (Å²) in [5.41, 5.74) is 2.82. The zero-order chi connectivity index (χ0) is 20.2. The summed E-state index contributed by atoms with van der Waals surface area (Å²) in [6.07, 6.45) is 7.50. The average molecular weight is 384 g/mol. The molecule has 0 bridgehead atoms. The van der Waals surface area contributed by atoms with Crippen LogP contribution in [0.5, 0.6) is 5.75 Å². The Balaban J connectivity index is 1.89. The molecular weight excluding hydrogens is 350 g/mol. The minimum absolute atomic E-state index is 0.100. The number of aryl methyl sites for hydroxylation is 1. The maximum absolute atomic E-state index is 12.9. The molecule has 1 heterocycles. The number of carbonyl (C=O) groups excluding carboxylic acids is 1. The number of ether oxygens (including phenoxy) is 1. The van der Waals surface area contributed by atoms with Crippen molar-refractivity contribution in [2.75, 3.05) is 31.6 Å². The predicted octanol–water partition coefficient (Wildman–Crippen LogP) is 4.92. The molecule has 0 aliphatic rings. The topological polar surface area (TPSA) is 54.5 Å². The zero-order valence-corrected chi connectivity index (χ0v) is 17.4. The van der Waals surface area contributed by atoms with Crippen LogP contribution in [0, 0.1) is 6.92 Å². The van der Waals surface area contributed by atoms with Crippen molar-refractivity contribution in [3.8, 4) is 5.75 Å². The lowest BCUT2D eigenvalue weighted by Gasteiger charge is -2.22. The first kappa shape index (κ1) is 21.7. The number of rotatable bonds is 12. The summed E-state index contributed by atoms with van der Waals surface area (Å²) in [5.74, 6) is 0.863. The molecule has 1 aromatic carbocycles. The third-order valence-electron chi connectivity index (χ3n) is 4.46. The van der Waals surface area contributed by atoms with E-state index in [1.807, 2.05) is 42.2 Å². The van der Waals surface area contributed by atoms with Gasteiger partial charge in [0.2, 0.25) is 0 Å². The highest BCUT2D eigenvalue weighted by Crippen LogP contribution is 2.19. The van der Waals surface area contributed by atoms with Crippen LogP contribution in [0.1, 0.15) is 55.5 Å². The van der Waals surface area contributed by atoms with E-state index < -0.39 is 0 Å². The lowest BCUT2D eigenvalue weighted by Crippen LogP contribution is -2.32. The van der Waals surface area contributed by atoms with Crippen LogP contribution in [0.15, 0.2) is 42.7 Å². The number of anilines is 1. The summed E-state index contributed by atoms with van der Waals surface area (Å²) < 4.78 is 5.91. The van der Waals surface area contributed by atoms with Crippen molar-refractivity contribution < 1.29 is 9.53 Å². The highest BCUT2D eigenvalue weighted by atomic mass is 16.5. The third-order valence-corrected chi connectivity index (χ3v) is 4.46. The second kappa shape index (κ2) is 12.0. The minimum atomic E-state index is 0.100. The summed E-state index contributed by atoms with van der Waals surface area (Å²) in [5, 5.41) is 3.34. The van der Waals surface area contributed by atoms with Gasteiger partial charge in [0.1, 0.15) is 5.75 Å². The van der Waals surface area contributed by atoms with Crippen LogP contribution in [0.3, 0.4) is 0 Å². The van der Waals surface area contributed by atoms with Gasteiger partial charge in [-0.25, -0.2) is 0 Å². The second-order valence-electron chi connectivity index (χ2n) is 7.05. The van der Waals surface area contributed by atoms with E-state index in [0.29, 0.717) is 6.61 Å². The van der Waals surface area contributed by atoms with Crippen molar-refractivity contribution in [1.29, 1.82) is 0 Å². The fraction of sp³-hybridized carbons (Fsp3) is 0.478. The van der Waals surface area contributed by atoms with Gasteiger partial charge in [0, 0.05) is 43.3 Å². The molecule has 2 aromatic rings. The van der Waals surface area contributed by atoms with Crippen molar-refractivity contribution in [2.45, 2.75) is 46.5 Å². The monoisotopic (exact) mass is 383 g/mol. The molecule has 1 aromatic heterocycles. The van der Waals surface area contributed by atoms with Crippen LogP contribution in [0.4, 0.5) is 5.69 Å². The Morgan fingerprint density at radius 2 is 1.86 bits per heavy atom. The molecule has 1 amide bonds. The molecule has 2 rings (SSSR count). The number of hydrogen-bond acceptors (Lipinski definition) is 4. The van der Waals surface area contributed by atoms with Gasteiger partial charge in [0.15, 0.2) is 0 Å². The van der Waals surface area contributed by atoms with Crippen molar-refractivity contribution in [1.82, 2.24) is 9.88 Å². The number of nitrogens with zero attached hydrogens (tertiary/aromatic N) is 2. The molecule has 0 unspecified atom stereocenters. The van der Waals surface area contributed by atoms with E-state index in [9.17, 15) is 4.79 Å². The van der Waals surface area contributed by atoms with Crippen LogP contribution in [0.2, 0.25) is 0 Å². The first-order valence-corrected chi connectivity index (χ1v) is 10.3. The number of aromatic nitrogens is 1. The molecule has 0 aliphatic carbocycles. The van der Waals surface area contributed by atoms with Gasteiger partial charge in [-0.2, -0.15) is 0 Å². The van der Waals surface area contributed by atoms with Crippen molar-refractivity contribution in [3.63, 3.8) is 0 Å². The van der Waals surface area contributed by atoms with E-state index >= 15 is 0 Å². The first-order chi connectivity index (χ1) is 13.6. The maximum Gasteiger partial charge on any atom is 0.253 e. The third kappa shape index (κ3) is 7.22. The second-order valence-corrected chi connectivity index (χ2v) is 7.05. The van der Waals surface area contributed by atoms with Crippen molar-refractivity contribution in [2.24, 2.45) is 0 Å². The number of unbranched alkanes of at least 4 members (excludes halogenated alkanes) is 1. The van der Waals surface area contributed by atoms with Gasteiger partial charge in [-0.15, -0.1) is 0 Å². The molecule has 1 N–H and O–H groups in total. The largest absolute Gasteiger partial charge is 0.493 e. The Hall–Kier alpha value is -2.56. The fourth-order valence-corrected chi connectivity index (χ4v) is 3.04. The maximum atomic E-state index is 12.9. The van der Waals surface area contributed by atoms with E-state index in [4.69, 9.17) is 4.74 Å². The van der Waals surface area contributed by atoms with E-state index in [1.54, 1.807) is 12.4 Å². The van der Waals surface area contributed by atoms with Gasteiger partial charge >= 0.3 is 0 Å². The molecule has 0 atom stereocenters. The molecule has 0 spiro atoms. The van der Waals surface area contributed by atoms with Crippen molar-refractivity contribution in [3.05, 3.63) is 53.9 Å². The summed E-state index contributed by atoms with van der Waals surface area (Å²) in [4.78, 5) is 18.9. The number of pyridine rings is 1. The Morgan fingerprint density at radius 3 is 2.57 bits per heavy atom. The van der Waals surface area contributed by atoms with E-state index in [-0.39, 0.29) is 5.91 Å². The van der Waals surface area contributed by atoms with Crippen LogP contribution in [-0.4, -0.2) is 42.0 Å². The first-order valence-electron chi connectivity index (χ1n) is 10.3. The normalized spacial score (nSPS) is 10.5. The average Bonchev–Trinajstić information content (AvgIpc) is 2.70.